The van der Waals surface area contributed by atoms with Crippen LogP contribution in [0.4, 0.5) is 0 Å². The molecule has 0 N–H and O–H groups in total. The first kappa shape index (κ1) is 11.1. The number of pyridine rings is 1. The van der Waals surface area contributed by atoms with Crippen molar-refractivity contribution >= 4 is 5.97 Å². The quantitative estimate of drug-likeness (QED) is 0.735. The minimum atomic E-state index is -0.536. The first-order chi connectivity index (χ1) is 8.24. The molecule has 0 atom stereocenters. The third-order valence-corrected chi connectivity index (χ3v) is 2.36. The molecule has 1 aromatic carbocycles. The van der Waals surface area contributed by atoms with Gasteiger partial charge in [0.2, 0.25) is 0 Å². The van der Waals surface area contributed by atoms with Gasteiger partial charge in [0, 0.05) is 11.8 Å². The Hall–Kier alpha value is -2.36. The summed E-state index contributed by atoms with van der Waals surface area (Å²) in [6.45, 7) is 0. The van der Waals surface area contributed by atoms with Crippen LogP contribution < -0.4 is 5.56 Å². The Morgan fingerprint density at radius 1 is 1.06 bits per heavy atom. The number of benzene rings is 1. The zero-order chi connectivity index (χ0) is 12.3. The Labute approximate surface area is 98.1 Å². The van der Waals surface area contributed by atoms with Crippen molar-refractivity contribution < 1.29 is 9.53 Å². The predicted octanol–water partition coefficient (Wildman–Crippen LogP) is 1.62. The van der Waals surface area contributed by atoms with Crippen LogP contribution in [0.25, 0.3) is 5.69 Å². The number of ether oxygens (including phenoxy) is 1. The SMILES string of the molecule is COC(=O)c1cccc(=O)n1-c1ccccc1. The summed E-state index contributed by atoms with van der Waals surface area (Å²) in [5, 5.41) is 0. The minimum absolute atomic E-state index is 0.214. The molecule has 0 aliphatic heterocycles. The van der Waals surface area contributed by atoms with Crippen LogP contribution >= 0.6 is 0 Å². The molecule has 0 unspecified atom stereocenters. The lowest BCUT2D eigenvalue weighted by atomic mass is 10.2. The van der Waals surface area contributed by atoms with Gasteiger partial charge in [-0.25, -0.2) is 4.79 Å². The topological polar surface area (TPSA) is 48.3 Å². The molecule has 86 valence electrons. The van der Waals surface area contributed by atoms with Crippen molar-refractivity contribution in [2.24, 2.45) is 0 Å². The molecular weight excluding hydrogens is 218 g/mol. The Morgan fingerprint density at radius 2 is 1.76 bits per heavy atom. The molecule has 0 saturated heterocycles. The molecule has 0 amide bonds. The molecule has 2 rings (SSSR count). The highest BCUT2D eigenvalue weighted by Crippen LogP contribution is 2.08. The van der Waals surface area contributed by atoms with Gasteiger partial charge in [0.05, 0.1) is 7.11 Å². The average Bonchev–Trinajstić information content (AvgIpc) is 2.38. The number of hydrogen-bond donors (Lipinski definition) is 0. The van der Waals surface area contributed by atoms with Crippen molar-refractivity contribution in [3.8, 4) is 5.69 Å². The fourth-order valence-electron chi connectivity index (χ4n) is 1.60. The summed E-state index contributed by atoms with van der Waals surface area (Å²) in [7, 11) is 1.29. The lowest BCUT2D eigenvalue weighted by Gasteiger charge is -2.10. The zero-order valence-corrected chi connectivity index (χ0v) is 9.29. The van der Waals surface area contributed by atoms with E-state index in [-0.39, 0.29) is 11.3 Å². The van der Waals surface area contributed by atoms with Crippen molar-refractivity contribution in [3.63, 3.8) is 0 Å². The van der Waals surface area contributed by atoms with Gasteiger partial charge in [0.15, 0.2) is 0 Å². The molecule has 0 saturated carbocycles. The number of carbonyl (C=O) groups is 1. The molecule has 0 aliphatic carbocycles. The number of aromatic nitrogens is 1. The summed E-state index contributed by atoms with van der Waals surface area (Å²) in [6.07, 6.45) is 0. The predicted molar refractivity (Wildman–Crippen MR) is 63.4 cm³/mol. The van der Waals surface area contributed by atoms with Crippen molar-refractivity contribution in [2.75, 3.05) is 7.11 Å². The second-order valence-electron chi connectivity index (χ2n) is 3.41. The van der Waals surface area contributed by atoms with Crippen molar-refractivity contribution in [3.05, 3.63) is 64.6 Å². The molecular formula is C13H11NO3. The van der Waals surface area contributed by atoms with Gasteiger partial charge in [-0.1, -0.05) is 24.3 Å². The first-order valence-electron chi connectivity index (χ1n) is 5.10. The monoisotopic (exact) mass is 229 g/mol. The van der Waals surface area contributed by atoms with E-state index in [1.54, 1.807) is 30.3 Å². The minimum Gasteiger partial charge on any atom is -0.464 e. The second-order valence-corrected chi connectivity index (χ2v) is 3.41. The number of carbonyl (C=O) groups excluding carboxylic acids is 1. The van der Waals surface area contributed by atoms with E-state index in [4.69, 9.17) is 0 Å². The number of hydrogen-bond acceptors (Lipinski definition) is 3. The second kappa shape index (κ2) is 4.65. The van der Waals surface area contributed by atoms with Crippen LogP contribution in [0.15, 0.2) is 53.3 Å². The normalized spacial score (nSPS) is 9.94. The number of nitrogens with zero attached hydrogens (tertiary/aromatic N) is 1. The van der Waals surface area contributed by atoms with E-state index in [0.717, 1.165) is 0 Å². The standard InChI is InChI=1S/C13H11NO3/c1-17-13(16)11-8-5-9-12(15)14(11)10-6-3-2-4-7-10/h2-9H,1H3. The van der Waals surface area contributed by atoms with Gasteiger partial charge in [-0.3, -0.25) is 9.36 Å². The number of methoxy groups -OCH3 is 1. The highest BCUT2D eigenvalue weighted by atomic mass is 16.5. The van der Waals surface area contributed by atoms with E-state index in [0.29, 0.717) is 5.69 Å². The van der Waals surface area contributed by atoms with Gasteiger partial charge < -0.3 is 4.74 Å². The molecule has 4 heteroatoms. The zero-order valence-electron chi connectivity index (χ0n) is 9.29. The highest BCUT2D eigenvalue weighted by molar-refractivity contribution is 5.88. The number of rotatable bonds is 2. The smallest absolute Gasteiger partial charge is 0.355 e. The van der Waals surface area contributed by atoms with Crippen LogP contribution in [0.3, 0.4) is 0 Å². The average molecular weight is 229 g/mol. The van der Waals surface area contributed by atoms with Crippen LogP contribution in [0.1, 0.15) is 10.5 Å². The lowest BCUT2D eigenvalue weighted by molar-refractivity contribution is 0.0590. The maximum absolute atomic E-state index is 11.8. The summed E-state index contributed by atoms with van der Waals surface area (Å²) in [6, 6.07) is 13.5. The van der Waals surface area contributed by atoms with E-state index in [1.807, 2.05) is 6.07 Å². The van der Waals surface area contributed by atoms with Crippen molar-refractivity contribution in [1.29, 1.82) is 0 Å². The molecule has 0 fully saturated rings. The molecule has 0 bridgehead atoms. The number of para-hydroxylation sites is 1. The lowest BCUT2D eigenvalue weighted by Crippen LogP contribution is -2.23. The Morgan fingerprint density at radius 3 is 2.41 bits per heavy atom. The fourth-order valence-corrected chi connectivity index (χ4v) is 1.60. The molecule has 17 heavy (non-hydrogen) atoms. The molecule has 0 spiro atoms. The van der Waals surface area contributed by atoms with Crippen LogP contribution in [0.5, 0.6) is 0 Å². The molecule has 4 nitrogen and oxygen atoms in total. The van der Waals surface area contributed by atoms with Crippen LogP contribution in [-0.2, 0) is 4.74 Å². The third-order valence-electron chi connectivity index (χ3n) is 2.36. The van der Waals surface area contributed by atoms with E-state index in [9.17, 15) is 9.59 Å². The van der Waals surface area contributed by atoms with E-state index >= 15 is 0 Å². The van der Waals surface area contributed by atoms with Gasteiger partial charge in [-0.05, 0) is 18.2 Å². The Balaban J connectivity index is 2.68. The molecule has 0 aliphatic rings. The van der Waals surface area contributed by atoms with Gasteiger partial charge in [0.1, 0.15) is 5.69 Å². The van der Waals surface area contributed by atoms with Gasteiger partial charge >= 0.3 is 5.97 Å². The molecule has 2 aromatic rings. The molecule has 1 aromatic heterocycles. The van der Waals surface area contributed by atoms with Crippen LogP contribution in [-0.4, -0.2) is 17.6 Å². The summed E-state index contributed by atoms with van der Waals surface area (Å²) < 4.78 is 5.98. The van der Waals surface area contributed by atoms with E-state index in [1.165, 1.54) is 23.8 Å². The van der Waals surface area contributed by atoms with Gasteiger partial charge in [-0.15, -0.1) is 0 Å². The Kier molecular flexibility index (Phi) is 3.05. The first-order valence-corrected chi connectivity index (χ1v) is 5.10. The van der Waals surface area contributed by atoms with E-state index < -0.39 is 5.97 Å². The van der Waals surface area contributed by atoms with Gasteiger partial charge in [-0.2, -0.15) is 0 Å². The molecule has 1 heterocycles. The van der Waals surface area contributed by atoms with Gasteiger partial charge in [0.25, 0.3) is 5.56 Å². The Bertz CT molecular complexity index is 587. The third kappa shape index (κ3) is 2.10. The van der Waals surface area contributed by atoms with Crippen molar-refractivity contribution in [2.45, 2.75) is 0 Å². The maximum Gasteiger partial charge on any atom is 0.355 e. The summed E-state index contributed by atoms with van der Waals surface area (Å²) in [4.78, 5) is 23.4. The fraction of sp³-hybridized carbons (Fsp3) is 0.0769. The largest absolute Gasteiger partial charge is 0.464 e. The summed E-state index contributed by atoms with van der Waals surface area (Å²) in [5.74, 6) is -0.536. The summed E-state index contributed by atoms with van der Waals surface area (Å²) >= 11 is 0. The van der Waals surface area contributed by atoms with Crippen LogP contribution in [0.2, 0.25) is 0 Å². The summed E-state index contributed by atoms with van der Waals surface area (Å²) in [5.41, 5.74) is 0.587. The number of esters is 1. The van der Waals surface area contributed by atoms with Crippen molar-refractivity contribution in [1.82, 2.24) is 4.57 Å². The molecule has 0 radical (unpaired) electrons. The maximum atomic E-state index is 11.8. The van der Waals surface area contributed by atoms with Crippen LogP contribution in [0, 0.1) is 0 Å². The highest BCUT2D eigenvalue weighted by Gasteiger charge is 2.13. The van der Waals surface area contributed by atoms with E-state index in [2.05, 4.69) is 4.74 Å².